The summed E-state index contributed by atoms with van der Waals surface area (Å²) in [6, 6.07) is 3.45. The van der Waals surface area contributed by atoms with Gasteiger partial charge in [-0.05, 0) is 49.9 Å². The van der Waals surface area contributed by atoms with Crippen molar-refractivity contribution >= 4 is 27.8 Å². The second-order valence-corrected chi connectivity index (χ2v) is 10.3. The molecule has 11 heteroatoms. The first-order valence-corrected chi connectivity index (χ1v) is 12.0. The van der Waals surface area contributed by atoms with E-state index in [0.29, 0.717) is 25.9 Å². The molecule has 1 aromatic rings. The van der Waals surface area contributed by atoms with E-state index in [1.165, 1.54) is 17.0 Å². The van der Waals surface area contributed by atoms with Crippen LogP contribution in [0.25, 0.3) is 0 Å². The van der Waals surface area contributed by atoms with Crippen LogP contribution in [0.1, 0.15) is 30.4 Å². The number of sulfonamides is 1. The molecule has 2 aliphatic rings. The fraction of sp³-hybridized carbons (Fsp3) is 0.571. The predicted octanol–water partition coefficient (Wildman–Crippen LogP) is -0.306. The Balaban J connectivity index is 1.64. The monoisotopic (exact) mass is 467 g/mol. The van der Waals surface area contributed by atoms with Crippen LogP contribution in [0.2, 0.25) is 0 Å². The number of ether oxygens (including phenoxy) is 1. The van der Waals surface area contributed by atoms with E-state index >= 15 is 0 Å². The topological polar surface area (TPSA) is 147 Å². The zero-order valence-corrected chi connectivity index (χ0v) is 19.0. The first-order chi connectivity index (χ1) is 15.0. The van der Waals surface area contributed by atoms with Crippen LogP contribution in [0.3, 0.4) is 0 Å². The van der Waals surface area contributed by atoms with Gasteiger partial charge < -0.3 is 20.5 Å². The number of rotatable bonds is 6. The minimum Gasteiger partial charge on any atom is -0.454 e. The summed E-state index contributed by atoms with van der Waals surface area (Å²) in [5.74, 6) is -1.98. The number of aliphatic hydroxyl groups is 1. The number of amides is 2. The summed E-state index contributed by atoms with van der Waals surface area (Å²) in [5, 5.41) is 10.1. The number of benzene rings is 1. The van der Waals surface area contributed by atoms with Crippen molar-refractivity contribution in [1.82, 2.24) is 9.21 Å². The van der Waals surface area contributed by atoms with Crippen molar-refractivity contribution in [2.75, 3.05) is 26.2 Å². The highest BCUT2D eigenvalue weighted by Crippen LogP contribution is 2.28. The van der Waals surface area contributed by atoms with E-state index in [0.717, 1.165) is 15.4 Å². The highest BCUT2D eigenvalue weighted by Gasteiger charge is 2.44. The number of nitrogens with two attached hydrogens (primary N) is 1. The third-order valence-corrected chi connectivity index (χ3v) is 8.05. The van der Waals surface area contributed by atoms with Crippen LogP contribution in [0.15, 0.2) is 23.1 Å². The van der Waals surface area contributed by atoms with Gasteiger partial charge in [0.05, 0.1) is 11.0 Å². The molecule has 0 spiro atoms. The Kier molecular flexibility index (Phi) is 7.21. The maximum atomic E-state index is 13.1. The van der Waals surface area contributed by atoms with Crippen molar-refractivity contribution in [2.45, 2.75) is 50.2 Å². The number of hydrogen-bond acceptors (Lipinski definition) is 7. The SMILES string of the molecule is Cc1ccc(S(=O)(=O)N2CC(O)CC2C(=O)OCC(=O)N2CCC(C(N)=O)CC2)cc1C. The summed E-state index contributed by atoms with van der Waals surface area (Å²) in [6.45, 7) is 3.54. The van der Waals surface area contributed by atoms with Gasteiger partial charge >= 0.3 is 5.97 Å². The summed E-state index contributed by atoms with van der Waals surface area (Å²) in [5.41, 5.74) is 7.01. The number of β-amino-alcohol motifs (C(OH)–C–C–N with tert-alkyl or cyclic N) is 1. The number of primary amides is 1. The molecule has 2 atom stereocenters. The highest BCUT2D eigenvalue weighted by atomic mass is 32.2. The molecule has 1 aromatic carbocycles. The first-order valence-electron chi connectivity index (χ1n) is 10.5. The van der Waals surface area contributed by atoms with Crippen molar-refractivity contribution in [1.29, 1.82) is 0 Å². The smallest absolute Gasteiger partial charge is 0.325 e. The molecule has 2 amide bonds. The number of piperidine rings is 1. The summed E-state index contributed by atoms with van der Waals surface area (Å²) < 4.78 is 32.3. The van der Waals surface area contributed by atoms with E-state index in [2.05, 4.69) is 0 Å². The lowest BCUT2D eigenvalue weighted by Gasteiger charge is -2.30. The van der Waals surface area contributed by atoms with Crippen molar-refractivity contribution in [3.05, 3.63) is 29.3 Å². The Hall–Kier alpha value is -2.50. The lowest BCUT2D eigenvalue weighted by Crippen LogP contribution is -2.45. The molecule has 2 heterocycles. The second-order valence-electron chi connectivity index (χ2n) is 8.39. The van der Waals surface area contributed by atoms with Crippen LogP contribution in [-0.4, -0.2) is 78.9 Å². The van der Waals surface area contributed by atoms with Gasteiger partial charge in [-0.25, -0.2) is 8.42 Å². The Labute approximate surface area is 187 Å². The number of carbonyl (C=O) groups excluding carboxylic acids is 3. The molecule has 3 N–H and O–H groups in total. The van der Waals surface area contributed by atoms with Crippen LogP contribution >= 0.6 is 0 Å². The third kappa shape index (κ3) is 5.11. The van der Waals surface area contributed by atoms with Gasteiger partial charge in [0.1, 0.15) is 6.04 Å². The lowest BCUT2D eigenvalue weighted by molar-refractivity contribution is -0.155. The van der Waals surface area contributed by atoms with Crippen molar-refractivity contribution in [2.24, 2.45) is 11.7 Å². The molecule has 0 aromatic heterocycles. The number of carbonyl (C=O) groups is 3. The highest BCUT2D eigenvalue weighted by molar-refractivity contribution is 7.89. The van der Waals surface area contributed by atoms with E-state index in [9.17, 15) is 27.9 Å². The van der Waals surface area contributed by atoms with Gasteiger partial charge in [-0.3, -0.25) is 14.4 Å². The van der Waals surface area contributed by atoms with E-state index in [4.69, 9.17) is 10.5 Å². The summed E-state index contributed by atoms with van der Waals surface area (Å²) in [4.78, 5) is 37.8. The van der Waals surface area contributed by atoms with Crippen LogP contribution in [0.4, 0.5) is 0 Å². The minimum atomic E-state index is -4.05. The van der Waals surface area contributed by atoms with Crippen molar-refractivity contribution < 1.29 is 32.6 Å². The maximum Gasteiger partial charge on any atom is 0.325 e. The van der Waals surface area contributed by atoms with Gasteiger partial charge in [-0.2, -0.15) is 4.31 Å². The molecule has 3 rings (SSSR count). The fourth-order valence-corrected chi connectivity index (χ4v) is 5.72. The summed E-state index contributed by atoms with van der Waals surface area (Å²) >= 11 is 0. The van der Waals surface area contributed by atoms with Gasteiger partial charge in [-0.15, -0.1) is 0 Å². The molecule has 2 aliphatic heterocycles. The average molecular weight is 468 g/mol. The number of aliphatic hydroxyl groups excluding tert-OH is 1. The van der Waals surface area contributed by atoms with Crippen LogP contribution in [0, 0.1) is 19.8 Å². The van der Waals surface area contributed by atoms with E-state index in [-0.39, 0.29) is 23.8 Å². The summed E-state index contributed by atoms with van der Waals surface area (Å²) in [7, 11) is -4.05. The molecule has 2 fully saturated rings. The number of hydrogen-bond donors (Lipinski definition) is 2. The van der Waals surface area contributed by atoms with E-state index < -0.39 is 46.6 Å². The maximum absolute atomic E-state index is 13.1. The predicted molar refractivity (Wildman–Crippen MR) is 114 cm³/mol. The molecular formula is C21H29N3O7S. The molecule has 0 radical (unpaired) electrons. The number of aryl methyl sites for hydroxylation is 2. The molecule has 2 unspecified atom stereocenters. The van der Waals surface area contributed by atoms with Crippen LogP contribution in [-0.2, 0) is 29.1 Å². The van der Waals surface area contributed by atoms with E-state index in [1.807, 2.05) is 6.92 Å². The molecular weight excluding hydrogens is 438 g/mol. The first kappa shape index (κ1) is 24.1. The summed E-state index contributed by atoms with van der Waals surface area (Å²) in [6.07, 6.45) is -0.226. The second kappa shape index (κ2) is 9.55. The number of esters is 1. The zero-order valence-electron chi connectivity index (χ0n) is 18.2. The van der Waals surface area contributed by atoms with Crippen molar-refractivity contribution in [3.63, 3.8) is 0 Å². The minimum absolute atomic E-state index is 0.0286. The van der Waals surface area contributed by atoms with Crippen LogP contribution in [0.5, 0.6) is 0 Å². The Bertz CT molecular complexity index is 1000. The van der Waals surface area contributed by atoms with Crippen molar-refractivity contribution in [3.8, 4) is 0 Å². The quantitative estimate of drug-likeness (QED) is 0.546. The zero-order chi connectivity index (χ0) is 23.6. The Morgan fingerprint density at radius 1 is 1.16 bits per heavy atom. The van der Waals surface area contributed by atoms with Gasteiger partial charge in [0, 0.05) is 32.0 Å². The fourth-order valence-electron chi connectivity index (χ4n) is 4.01. The van der Waals surface area contributed by atoms with Gasteiger partial charge in [0.15, 0.2) is 6.61 Å². The molecule has 10 nitrogen and oxygen atoms in total. The molecule has 32 heavy (non-hydrogen) atoms. The normalized spacial score (nSPS) is 22.7. The Morgan fingerprint density at radius 2 is 1.81 bits per heavy atom. The third-order valence-electron chi connectivity index (χ3n) is 6.18. The molecule has 0 bridgehead atoms. The number of likely N-dealkylation sites (tertiary alicyclic amines) is 1. The molecule has 176 valence electrons. The largest absolute Gasteiger partial charge is 0.454 e. The number of nitrogens with zero attached hydrogens (tertiary/aromatic N) is 2. The van der Waals surface area contributed by atoms with Gasteiger partial charge in [-0.1, -0.05) is 6.07 Å². The van der Waals surface area contributed by atoms with Crippen LogP contribution < -0.4 is 5.73 Å². The Morgan fingerprint density at radius 3 is 2.41 bits per heavy atom. The van der Waals surface area contributed by atoms with E-state index in [1.54, 1.807) is 13.0 Å². The lowest BCUT2D eigenvalue weighted by atomic mass is 9.96. The molecule has 2 saturated heterocycles. The standard InChI is InChI=1S/C21H29N3O7S/c1-13-3-4-17(9-14(13)2)32(29,30)24-11-16(25)10-18(24)21(28)31-12-19(26)23-7-5-15(6-8-23)20(22)27/h3-4,9,15-16,18,25H,5-8,10-12H2,1-2H3,(H2,22,27). The molecule has 0 saturated carbocycles. The van der Waals surface area contributed by atoms with Gasteiger partial charge in [0.2, 0.25) is 15.9 Å². The molecule has 0 aliphatic carbocycles. The average Bonchev–Trinajstić information content (AvgIpc) is 3.16. The van der Waals surface area contributed by atoms with Gasteiger partial charge in [0.25, 0.3) is 5.91 Å².